The minimum atomic E-state index is -0.243. The molecule has 0 amide bonds. The van der Waals surface area contributed by atoms with E-state index >= 15 is 0 Å². The molecule has 96 valence electrons. The average molecular weight is 257 g/mol. The van der Waals surface area contributed by atoms with Crippen molar-refractivity contribution >= 4 is 10.9 Å². The second-order valence-corrected chi connectivity index (χ2v) is 4.29. The van der Waals surface area contributed by atoms with Crippen LogP contribution in [0.2, 0.25) is 0 Å². The Morgan fingerprint density at radius 2 is 1.47 bits per heavy atom. The Morgan fingerprint density at radius 3 is 2.26 bits per heavy atom. The second-order valence-electron chi connectivity index (χ2n) is 4.29. The van der Waals surface area contributed by atoms with Crippen LogP contribution in [0.4, 0.5) is 0 Å². The van der Waals surface area contributed by atoms with Crippen LogP contribution in [0.25, 0.3) is 22.0 Å². The van der Waals surface area contributed by atoms with Crippen molar-refractivity contribution in [1.29, 1.82) is 0 Å². The maximum Gasteiger partial charge on any atom is 0.159 e. The minimum absolute atomic E-state index is 0.0197. The van der Waals surface area contributed by atoms with Gasteiger partial charge in [0.15, 0.2) is 11.5 Å². The van der Waals surface area contributed by atoms with Gasteiger partial charge in [-0.25, -0.2) is 0 Å². The first-order valence-corrected chi connectivity index (χ1v) is 5.61. The van der Waals surface area contributed by atoms with Gasteiger partial charge in [0.1, 0.15) is 11.5 Å². The monoisotopic (exact) mass is 257 g/mol. The van der Waals surface area contributed by atoms with Gasteiger partial charge in [-0.2, -0.15) is 0 Å². The van der Waals surface area contributed by atoms with Crippen molar-refractivity contribution in [3.8, 4) is 34.1 Å². The average Bonchev–Trinajstić information content (AvgIpc) is 2.76. The largest absolute Gasteiger partial charge is 0.508 e. The quantitative estimate of drug-likeness (QED) is 0.342. The number of aromatic amines is 1. The fourth-order valence-corrected chi connectivity index (χ4v) is 2.11. The van der Waals surface area contributed by atoms with Gasteiger partial charge >= 0.3 is 0 Å². The molecule has 0 aliphatic rings. The molecule has 2 aromatic carbocycles. The Morgan fingerprint density at radius 1 is 0.737 bits per heavy atom. The van der Waals surface area contributed by atoms with Crippen molar-refractivity contribution in [3.63, 3.8) is 0 Å². The predicted octanol–water partition coefficient (Wildman–Crippen LogP) is 2.66. The predicted molar refractivity (Wildman–Crippen MR) is 70.4 cm³/mol. The normalized spacial score (nSPS) is 10.9. The van der Waals surface area contributed by atoms with E-state index in [1.165, 1.54) is 30.3 Å². The zero-order chi connectivity index (χ0) is 13.6. The van der Waals surface area contributed by atoms with E-state index in [0.717, 1.165) is 0 Å². The molecule has 3 aromatic rings. The van der Waals surface area contributed by atoms with Gasteiger partial charge in [0, 0.05) is 34.3 Å². The Labute approximate surface area is 108 Å². The van der Waals surface area contributed by atoms with E-state index in [-0.39, 0.29) is 23.0 Å². The lowest BCUT2D eigenvalue weighted by Crippen LogP contribution is -1.78. The summed E-state index contributed by atoms with van der Waals surface area (Å²) < 4.78 is 0. The number of phenols is 4. The lowest BCUT2D eigenvalue weighted by Gasteiger charge is -2.05. The first kappa shape index (κ1) is 11.3. The van der Waals surface area contributed by atoms with E-state index in [0.29, 0.717) is 22.0 Å². The summed E-state index contributed by atoms with van der Waals surface area (Å²) in [6.07, 6.45) is 1.64. The zero-order valence-corrected chi connectivity index (χ0v) is 9.75. The highest BCUT2D eigenvalue weighted by Crippen LogP contribution is 2.39. The van der Waals surface area contributed by atoms with Crippen LogP contribution in [-0.2, 0) is 0 Å². The molecule has 0 atom stereocenters. The van der Waals surface area contributed by atoms with Gasteiger partial charge < -0.3 is 25.4 Å². The third-order valence-electron chi connectivity index (χ3n) is 3.05. The van der Waals surface area contributed by atoms with Gasteiger partial charge in [0.2, 0.25) is 0 Å². The number of rotatable bonds is 1. The van der Waals surface area contributed by atoms with Crippen molar-refractivity contribution in [1.82, 2.24) is 4.98 Å². The number of aromatic nitrogens is 1. The van der Waals surface area contributed by atoms with Crippen LogP contribution >= 0.6 is 0 Å². The molecule has 0 unspecified atom stereocenters. The van der Waals surface area contributed by atoms with E-state index in [4.69, 9.17) is 0 Å². The number of H-pyrrole nitrogens is 1. The second kappa shape index (κ2) is 3.84. The van der Waals surface area contributed by atoms with Gasteiger partial charge in [0.05, 0.1) is 0 Å². The smallest absolute Gasteiger partial charge is 0.159 e. The fourth-order valence-electron chi connectivity index (χ4n) is 2.11. The number of fused-ring (bicyclic) bond motifs is 1. The Bertz CT molecular complexity index is 776. The highest BCUT2D eigenvalue weighted by Gasteiger charge is 2.13. The maximum absolute atomic E-state index is 9.85. The summed E-state index contributed by atoms with van der Waals surface area (Å²) in [7, 11) is 0. The summed E-state index contributed by atoms with van der Waals surface area (Å²) in [6, 6.07) is 7.01. The highest BCUT2D eigenvalue weighted by atomic mass is 16.3. The molecule has 3 rings (SSSR count). The van der Waals surface area contributed by atoms with Gasteiger partial charge in [0.25, 0.3) is 0 Å². The number of hydrogen-bond acceptors (Lipinski definition) is 4. The molecule has 0 saturated heterocycles. The lowest BCUT2D eigenvalue weighted by molar-refractivity contribution is 0.405. The SMILES string of the molecule is Oc1ccc(O)c(-c2c[nH]c3cc(O)c(O)cc23)c1. The molecular weight excluding hydrogens is 246 g/mol. The number of benzene rings is 2. The van der Waals surface area contributed by atoms with Gasteiger partial charge in [-0.05, 0) is 24.3 Å². The highest BCUT2D eigenvalue weighted by molar-refractivity contribution is 5.98. The van der Waals surface area contributed by atoms with E-state index in [1.54, 1.807) is 6.20 Å². The molecule has 0 radical (unpaired) electrons. The number of phenolic OH excluding ortho intramolecular Hbond substituents is 4. The van der Waals surface area contributed by atoms with Crippen LogP contribution in [-0.4, -0.2) is 25.4 Å². The molecule has 5 heteroatoms. The third-order valence-corrected chi connectivity index (χ3v) is 3.05. The summed E-state index contributed by atoms with van der Waals surface area (Å²) in [5.41, 5.74) is 1.68. The van der Waals surface area contributed by atoms with E-state index in [2.05, 4.69) is 4.98 Å². The van der Waals surface area contributed by atoms with Crippen molar-refractivity contribution in [2.24, 2.45) is 0 Å². The third kappa shape index (κ3) is 1.72. The van der Waals surface area contributed by atoms with Crippen molar-refractivity contribution in [3.05, 3.63) is 36.5 Å². The van der Waals surface area contributed by atoms with Crippen LogP contribution in [0.3, 0.4) is 0 Å². The van der Waals surface area contributed by atoms with Crippen molar-refractivity contribution in [2.75, 3.05) is 0 Å². The first-order valence-electron chi connectivity index (χ1n) is 5.61. The molecule has 0 saturated carbocycles. The van der Waals surface area contributed by atoms with Crippen LogP contribution in [0.5, 0.6) is 23.0 Å². The molecule has 0 fully saturated rings. The standard InChI is InChI=1S/C14H11NO4/c16-7-1-2-12(17)9(3-7)10-6-15-11-5-14(19)13(18)4-8(10)11/h1-6,15-19H. The Hall–Kier alpha value is -2.82. The molecule has 0 aliphatic heterocycles. The molecular formula is C14H11NO4. The summed E-state index contributed by atoms with van der Waals surface area (Å²) >= 11 is 0. The van der Waals surface area contributed by atoms with Crippen LogP contribution in [0.15, 0.2) is 36.5 Å². The molecule has 1 heterocycles. The fraction of sp³-hybridized carbons (Fsp3) is 0. The molecule has 19 heavy (non-hydrogen) atoms. The molecule has 0 aliphatic carbocycles. The number of aromatic hydroxyl groups is 4. The molecule has 0 spiro atoms. The zero-order valence-electron chi connectivity index (χ0n) is 9.75. The van der Waals surface area contributed by atoms with Crippen LogP contribution in [0, 0.1) is 0 Å². The number of hydrogen-bond donors (Lipinski definition) is 5. The van der Waals surface area contributed by atoms with Crippen LogP contribution < -0.4 is 0 Å². The Kier molecular flexibility index (Phi) is 2.28. The lowest BCUT2D eigenvalue weighted by atomic mass is 10.0. The first-order chi connectivity index (χ1) is 9.06. The van der Waals surface area contributed by atoms with E-state index < -0.39 is 0 Å². The van der Waals surface area contributed by atoms with Crippen molar-refractivity contribution in [2.45, 2.75) is 0 Å². The van der Waals surface area contributed by atoms with Gasteiger partial charge in [-0.15, -0.1) is 0 Å². The van der Waals surface area contributed by atoms with Crippen molar-refractivity contribution < 1.29 is 20.4 Å². The van der Waals surface area contributed by atoms with Gasteiger partial charge in [-0.3, -0.25) is 0 Å². The van der Waals surface area contributed by atoms with Gasteiger partial charge in [-0.1, -0.05) is 0 Å². The summed E-state index contributed by atoms with van der Waals surface area (Å²) in [4.78, 5) is 2.94. The maximum atomic E-state index is 9.85. The summed E-state index contributed by atoms with van der Waals surface area (Å²) in [6.45, 7) is 0. The van der Waals surface area contributed by atoms with E-state index in [1.807, 2.05) is 0 Å². The molecule has 1 aromatic heterocycles. The number of nitrogens with one attached hydrogen (secondary N) is 1. The molecule has 5 N–H and O–H groups in total. The van der Waals surface area contributed by atoms with E-state index in [9.17, 15) is 20.4 Å². The topological polar surface area (TPSA) is 96.7 Å². The summed E-state index contributed by atoms with van der Waals surface area (Å²) in [5.74, 6) is -0.412. The molecule has 0 bridgehead atoms. The van der Waals surface area contributed by atoms with Crippen LogP contribution in [0.1, 0.15) is 0 Å². The summed E-state index contributed by atoms with van der Waals surface area (Å²) in [5, 5.41) is 39.0. The minimum Gasteiger partial charge on any atom is -0.508 e. The molecule has 5 nitrogen and oxygen atoms in total. The Balaban J connectivity index is 2.31.